The monoisotopic (exact) mass is 244 g/mol. The van der Waals surface area contributed by atoms with Crippen molar-refractivity contribution in [3.05, 3.63) is 34.9 Å². The Kier molecular flexibility index (Phi) is 3.33. The van der Waals surface area contributed by atoms with Gasteiger partial charge in [-0.25, -0.2) is 0 Å². The predicted octanol–water partition coefficient (Wildman–Crippen LogP) is 1.20. The maximum Gasteiger partial charge on any atom is 0.224 e. The van der Waals surface area contributed by atoms with Crippen molar-refractivity contribution >= 4 is 5.91 Å². The molecule has 1 heterocycles. The summed E-state index contributed by atoms with van der Waals surface area (Å²) in [5.41, 5.74) is 4.07. The molecular formula is C15H20N2O. The van der Waals surface area contributed by atoms with E-state index in [1.807, 2.05) is 0 Å². The minimum absolute atomic E-state index is 0.154. The minimum atomic E-state index is 0.154. The summed E-state index contributed by atoms with van der Waals surface area (Å²) >= 11 is 0. The molecule has 2 aliphatic rings. The van der Waals surface area contributed by atoms with Crippen LogP contribution in [0.4, 0.5) is 0 Å². The Balaban J connectivity index is 1.60. The molecule has 0 spiro atoms. The predicted molar refractivity (Wildman–Crippen MR) is 71.6 cm³/mol. The lowest BCUT2D eigenvalue weighted by Crippen LogP contribution is -2.37. The number of hydrogen-bond donors (Lipinski definition) is 2. The third kappa shape index (κ3) is 2.56. The zero-order valence-electron chi connectivity index (χ0n) is 10.7. The van der Waals surface area contributed by atoms with Gasteiger partial charge in [-0.05, 0) is 48.9 Å². The quantitative estimate of drug-likeness (QED) is 0.839. The van der Waals surface area contributed by atoms with E-state index in [4.69, 9.17) is 0 Å². The number of amides is 1. The highest BCUT2D eigenvalue weighted by Gasteiger charge is 2.17. The van der Waals surface area contributed by atoms with Gasteiger partial charge < -0.3 is 10.6 Å². The highest BCUT2D eigenvalue weighted by molar-refractivity contribution is 5.79. The molecule has 0 radical (unpaired) electrons. The van der Waals surface area contributed by atoms with Crippen molar-refractivity contribution in [3.8, 4) is 0 Å². The molecule has 1 aromatic rings. The van der Waals surface area contributed by atoms with Crippen LogP contribution in [0.15, 0.2) is 18.2 Å². The molecule has 1 unspecified atom stereocenters. The molecule has 1 aliphatic heterocycles. The highest BCUT2D eigenvalue weighted by atomic mass is 16.1. The first-order valence-corrected chi connectivity index (χ1v) is 6.92. The zero-order chi connectivity index (χ0) is 12.4. The Bertz CT molecular complexity index is 450. The van der Waals surface area contributed by atoms with E-state index < -0.39 is 0 Å². The molecule has 0 bridgehead atoms. The third-order valence-electron chi connectivity index (χ3n) is 3.95. The summed E-state index contributed by atoms with van der Waals surface area (Å²) in [6, 6.07) is 6.85. The van der Waals surface area contributed by atoms with Gasteiger partial charge in [0.2, 0.25) is 5.91 Å². The number of fused-ring (bicyclic) bond motifs is 1. The molecular weight excluding hydrogens is 224 g/mol. The van der Waals surface area contributed by atoms with Gasteiger partial charge in [-0.1, -0.05) is 18.2 Å². The molecule has 1 amide bonds. The van der Waals surface area contributed by atoms with Gasteiger partial charge in [-0.15, -0.1) is 0 Å². The van der Waals surface area contributed by atoms with Crippen molar-refractivity contribution < 1.29 is 4.79 Å². The molecule has 0 saturated carbocycles. The van der Waals surface area contributed by atoms with Crippen molar-refractivity contribution in [2.45, 2.75) is 38.1 Å². The number of benzene rings is 1. The Morgan fingerprint density at radius 3 is 3.06 bits per heavy atom. The number of carbonyl (C=O) groups excluding carboxylic acids is 1. The van der Waals surface area contributed by atoms with E-state index in [0.29, 0.717) is 12.5 Å². The smallest absolute Gasteiger partial charge is 0.224 e. The summed E-state index contributed by atoms with van der Waals surface area (Å²) in [6.45, 7) is 1.93. The molecule has 3 heteroatoms. The number of carbonyl (C=O) groups is 1. The first-order chi connectivity index (χ1) is 8.81. The number of hydrogen-bond acceptors (Lipinski definition) is 2. The van der Waals surface area contributed by atoms with Gasteiger partial charge >= 0.3 is 0 Å². The highest BCUT2D eigenvalue weighted by Crippen LogP contribution is 2.22. The van der Waals surface area contributed by atoms with Crippen molar-refractivity contribution in [1.29, 1.82) is 0 Å². The van der Waals surface area contributed by atoms with Crippen molar-refractivity contribution in [1.82, 2.24) is 10.6 Å². The molecule has 1 fully saturated rings. The average molecular weight is 244 g/mol. The van der Waals surface area contributed by atoms with Crippen LogP contribution in [-0.2, 0) is 24.1 Å². The lowest BCUT2D eigenvalue weighted by atomic mass is 10.0. The maximum atomic E-state index is 11.9. The van der Waals surface area contributed by atoms with E-state index >= 15 is 0 Å². The van der Waals surface area contributed by atoms with Crippen LogP contribution in [0.2, 0.25) is 0 Å². The molecule has 1 atom stereocenters. The van der Waals surface area contributed by atoms with Gasteiger partial charge in [0, 0.05) is 12.6 Å². The van der Waals surface area contributed by atoms with E-state index in [1.165, 1.54) is 30.4 Å². The fraction of sp³-hybridized carbons (Fsp3) is 0.533. The summed E-state index contributed by atoms with van der Waals surface area (Å²) in [4.78, 5) is 11.9. The largest absolute Gasteiger partial charge is 0.352 e. The van der Waals surface area contributed by atoms with Crippen molar-refractivity contribution in [2.75, 3.05) is 13.1 Å². The summed E-state index contributed by atoms with van der Waals surface area (Å²) in [5.74, 6) is 0.154. The Morgan fingerprint density at radius 2 is 2.22 bits per heavy atom. The summed E-state index contributed by atoms with van der Waals surface area (Å²) < 4.78 is 0. The Morgan fingerprint density at radius 1 is 1.33 bits per heavy atom. The van der Waals surface area contributed by atoms with Crippen LogP contribution in [0, 0.1) is 0 Å². The lowest BCUT2D eigenvalue weighted by molar-refractivity contribution is -0.121. The lowest BCUT2D eigenvalue weighted by Gasteiger charge is -2.11. The SMILES string of the molecule is O=C(Cc1ccc2c(c1)CCC2)NC1CCNC1. The number of nitrogens with one attached hydrogen (secondary N) is 2. The van der Waals surface area contributed by atoms with Gasteiger partial charge in [-0.3, -0.25) is 4.79 Å². The summed E-state index contributed by atoms with van der Waals surface area (Å²) in [7, 11) is 0. The normalized spacial score (nSPS) is 21.9. The topological polar surface area (TPSA) is 41.1 Å². The first-order valence-electron chi connectivity index (χ1n) is 6.92. The summed E-state index contributed by atoms with van der Waals surface area (Å²) in [5, 5.41) is 6.35. The molecule has 96 valence electrons. The van der Waals surface area contributed by atoms with E-state index in [2.05, 4.69) is 28.8 Å². The molecule has 18 heavy (non-hydrogen) atoms. The molecule has 1 saturated heterocycles. The Labute approximate surface area is 108 Å². The Hall–Kier alpha value is -1.35. The van der Waals surface area contributed by atoms with Crippen LogP contribution in [0.1, 0.15) is 29.5 Å². The van der Waals surface area contributed by atoms with Gasteiger partial charge in [0.25, 0.3) is 0 Å². The van der Waals surface area contributed by atoms with Crippen molar-refractivity contribution in [3.63, 3.8) is 0 Å². The van der Waals surface area contributed by atoms with E-state index in [1.54, 1.807) is 0 Å². The number of rotatable bonds is 3. The molecule has 3 rings (SSSR count). The van der Waals surface area contributed by atoms with Crippen LogP contribution in [-0.4, -0.2) is 25.0 Å². The second kappa shape index (κ2) is 5.11. The molecule has 2 N–H and O–H groups in total. The third-order valence-corrected chi connectivity index (χ3v) is 3.95. The van der Waals surface area contributed by atoms with Crippen LogP contribution in [0.25, 0.3) is 0 Å². The fourth-order valence-electron chi connectivity index (χ4n) is 2.98. The minimum Gasteiger partial charge on any atom is -0.352 e. The van der Waals surface area contributed by atoms with Gasteiger partial charge in [-0.2, -0.15) is 0 Å². The molecule has 1 aromatic carbocycles. The fourth-order valence-corrected chi connectivity index (χ4v) is 2.98. The second-order valence-electron chi connectivity index (χ2n) is 5.39. The first kappa shape index (κ1) is 11.7. The van der Waals surface area contributed by atoms with Crippen LogP contribution in [0.3, 0.4) is 0 Å². The molecule has 0 aromatic heterocycles. The number of aryl methyl sites for hydroxylation is 2. The van der Waals surface area contributed by atoms with Gasteiger partial charge in [0.1, 0.15) is 0 Å². The van der Waals surface area contributed by atoms with E-state index in [-0.39, 0.29) is 5.91 Å². The maximum absolute atomic E-state index is 11.9. The second-order valence-corrected chi connectivity index (χ2v) is 5.39. The molecule has 1 aliphatic carbocycles. The van der Waals surface area contributed by atoms with Gasteiger partial charge in [0.15, 0.2) is 0 Å². The van der Waals surface area contributed by atoms with Crippen molar-refractivity contribution in [2.24, 2.45) is 0 Å². The van der Waals surface area contributed by atoms with Crippen LogP contribution in [0.5, 0.6) is 0 Å². The van der Waals surface area contributed by atoms with Crippen LogP contribution < -0.4 is 10.6 Å². The van der Waals surface area contributed by atoms with E-state index in [0.717, 1.165) is 25.1 Å². The van der Waals surface area contributed by atoms with Gasteiger partial charge in [0.05, 0.1) is 6.42 Å². The van der Waals surface area contributed by atoms with Crippen LogP contribution >= 0.6 is 0 Å². The zero-order valence-corrected chi connectivity index (χ0v) is 10.7. The standard InChI is InChI=1S/C15H20N2O/c18-15(17-14-6-7-16-10-14)9-11-4-5-12-2-1-3-13(12)8-11/h4-5,8,14,16H,1-3,6-7,9-10H2,(H,17,18). The van der Waals surface area contributed by atoms with E-state index in [9.17, 15) is 4.79 Å². The molecule has 3 nitrogen and oxygen atoms in total. The summed E-state index contributed by atoms with van der Waals surface area (Å²) in [6.07, 6.45) is 5.21. The average Bonchev–Trinajstić information content (AvgIpc) is 2.98.